The van der Waals surface area contributed by atoms with Gasteiger partial charge < -0.3 is 9.32 Å². The van der Waals surface area contributed by atoms with Gasteiger partial charge >= 0.3 is 0 Å². The van der Waals surface area contributed by atoms with Gasteiger partial charge in [0.25, 0.3) is 0 Å². The third-order valence-corrected chi connectivity index (χ3v) is 7.20. The number of fused-ring (bicyclic) bond motifs is 5. The van der Waals surface area contributed by atoms with Crippen LogP contribution >= 0.6 is 23.2 Å². The molecule has 3 aromatic rings. The molecule has 0 unspecified atom stereocenters. The summed E-state index contributed by atoms with van der Waals surface area (Å²) in [7, 11) is 0. The van der Waals surface area contributed by atoms with E-state index >= 15 is 0 Å². The maximum Gasteiger partial charge on any atom is 0.240 e. The Bertz CT molecular complexity index is 1350. The van der Waals surface area contributed by atoms with Gasteiger partial charge in [0.15, 0.2) is 5.76 Å². The molecule has 3 aliphatic rings. The molecule has 0 radical (unpaired) electrons. The standard InChI is InChI=1S/C25H16Cl2N2O4/c26-14-7-8-16(27)17(12-14)29-24(31)19-20(25(29)32)22(23(30)18-6-3-11-33-18)28-10-9-13-4-1-2-5-15(13)21(19)28/h1-12,19-22H/t19-,20-,21+,22+/m1/s1. The number of benzene rings is 2. The summed E-state index contributed by atoms with van der Waals surface area (Å²) in [6, 6.07) is 14.1. The highest BCUT2D eigenvalue weighted by atomic mass is 35.5. The van der Waals surface area contributed by atoms with Gasteiger partial charge in [0.1, 0.15) is 6.04 Å². The number of hydrogen-bond donors (Lipinski definition) is 0. The topological polar surface area (TPSA) is 70.8 Å². The number of anilines is 1. The van der Waals surface area contributed by atoms with Crippen molar-refractivity contribution in [2.75, 3.05) is 4.90 Å². The van der Waals surface area contributed by atoms with Crippen molar-refractivity contribution >= 4 is 52.6 Å². The normalized spacial score (nSPS) is 25.3. The fourth-order valence-corrected chi connectivity index (χ4v) is 5.68. The minimum atomic E-state index is -0.897. The third-order valence-electron chi connectivity index (χ3n) is 6.64. The van der Waals surface area contributed by atoms with Gasteiger partial charge in [0, 0.05) is 11.2 Å². The van der Waals surface area contributed by atoms with Crippen LogP contribution in [0.3, 0.4) is 0 Å². The molecular weight excluding hydrogens is 463 g/mol. The number of carbonyl (C=O) groups excluding carboxylic acids is 3. The van der Waals surface area contributed by atoms with Gasteiger partial charge in [-0.05, 0) is 47.5 Å². The van der Waals surface area contributed by atoms with E-state index in [9.17, 15) is 14.4 Å². The Kier molecular flexibility index (Phi) is 4.50. The van der Waals surface area contributed by atoms with Crippen LogP contribution in [0.4, 0.5) is 5.69 Å². The lowest BCUT2D eigenvalue weighted by atomic mass is 9.84. The molecule has 0 aliphatic carbocycles. The monoisotopic (exact) mass is 478 g/mol. The summed E-state index contributed by atoms with van der Waals surface area (Å²) in [5.41, 5.74) is 2.07. The van der Waals surface area contributed by atoms with Crippen molar-refractivity contribution in [1.29, 1.82) is 0 Å². The Morgan fingerprint density at radius 3 is 2.52 bits per heavy atom. The number of Topliss-reactive ketones (excluding diaryl/α,β-unsaturated/α-hetero) is 1. The molecule has 4 atom stereocenters. The first-order chi connectivity index (χ1) is 16.0. The SMILES string of the molecule is O=C(c1ccco1)[C@@H]1[C@@H]2C(=O)N(c3cc(Cl)ccc3Cl)C(=O)[C@H]2[C@@H]2c3ccccc3C=CN12. The van der Waals surface area contributed by atoms with Gasteiger partial charge in [0.2, 0.25) is 17.6 Å². The third kappa shape index (κ3) is 2.84. The second-order valence-electron chi connectivity index (χ2n) is 8.28. The number of halogens is 2. The van der Waals surface area contributed by atoms with E-state index in [0.29, 0.717) is 5.02 Å². The largest absolute Gasteiger partial charge is 0.461 e. The zero-order valence-corrected chi connectivity index (χ0v) is 18.5. The van der Waals surface area contributed by atoms with Gasteiger partial charge in [-0.25, -0.2) is 4.90 Å². The van der Waals surface area contributed by atoms with Crippen molar-refractivity contribution in [3.05, 3.63) is 94.0 Å². The minimum Gasteiger partial charge on any atom is -0.461 e. The van der Waals surface area contributed by atoms with Crippen LogP contribution in [-0.4, -0.2) is 28.5 Å². The number of imide groups is 1. The van der Waals surface area contributed by atoms with E-state index in [4.69, 9.17) is 27.6 Å². The summed E-state index contributed by atoms with van der Waals surface area (Å²) in [4.78, 5) is 44.0. The second kappa shape index (κ2) is 7.33. The van der Waals surface area contributed by atoms with Gasteiger partial charge in [0.05, 0.1) is 34.9 Å². The van der Waals surface area contributed by atoms with Crippen molar-refractivity contribution in [1.82, 2.24) is 4.90 Å². The highest BCUT2D eigenvalue weighted by molar-refractivity contribution is 6.38. The number of amides is 2. The number of hydrogen-bond acceptors (Lipinski definition) is 5. The summed E-state index contributed by atoms with van der Waals surface area (Å²) in [6.07, 6.45) is 5.11. The number of rotatable bonds is 3. The summed E-state index contributed by atoms with van der Waals surface area (Å²) in [5, 5.41) is 0.582. The molecule has 164 valence electrons. The zero-order valence-electron chi connectivity index (χ0n) is 17.0. The highest BCUT2D eigenvalue weighted by Gasteiger charge is 2.65. The molecule has 3 aliphatic heterocycles. The molecule has 2 aromatic carbocycles. The molecule has 1 aromatic heterocycles. The summed E-state index contributed by atoms with van der Waals surface area (Å²) in [5.74, 6) is -2.73. The lowest BCUT2D eigenvalue weighted by Crippen LogP contribution is -2.44. The summed E-state index contributed by atoms with van der Waals surface area (Å²) < 4.78 is 5.37. The zero-order chi connectivity index (χ0) is 22.9. The van der Waals surface area contributed by atoms with Crippen molar-refractivity contribution in [3.63, 3.8) is 0 Å². The minimum absolute atomic E-state index is 0.145. The Hall–Kier alpha value is -3.35. The van der Waals surface area contributed by atoms with E-state index < -0.39 is 35.7 Å². The van der Waals surface area contributed by atoms with Crippen LogP contribution < -0.4 is 4.90 Å². The van der Waals surface area contributed by atoms with Crippen LogP contribution in [0.25, 0.3) is 6.08 Å². The fourth-order valence-electron chi connectivity index (χ4n) is 5.32. The Balaban J connectivity index is 1.52. The van der Waals surface area contributed by atoms with Gasteiger partial charge in [-0.1, -0.05) is 47.5 Å². The van der Waals surface area contributed by atoms with Crippen molar-refractivity contribution in [2.24, 2.45) is 11.8 Å². The number of furan rings is 1. The van der Waals surface area contributed by atoms with Crippen molar-refractivity contribution in [2.45, 2.75) is 12.1 Å². The molecule has 2 saturated heterocycles. The molecule has 33 heavy (non-hydrogen) atoms. The van der Waals surface area contributed by atoms with Gasteiger partial charge in [-0.3, -0.25) is 14.4 Å². The fraction of sp³-hybridized carbons (Fsp3) is 0.160. The first-order valence-electron chi connectivity index (χ1n) is 10.4. The molecule has 4 heterocycles. The van der Waals surface area contributed by atoms with E-state index in [-0.39, 0.29) is 22.3 Å². The first kappa shape index (κ1) is 20.3. The number of ketones is 1. The average Bonchev–Trinajstić information content (AvgIpc) is 3.52. The lowest BCUT2D eigenvalue weighted by Gasteiger charge is -2.35. The van der Waals surface area contributed by atoms with Crippen LogP contribution in [-0.2, 0) is 9.59 Å². The smallest absolute Gasteiger partial charge is 0.240 e. The van der Waals surface area contributed by atoms with E-state index in [2.05, 4.69) is 0 Å². The Morgan fingerprint density at radius 1 is 0.939 bits per heavy atom. The van der Waals surface area contributed by atoms with Gasteiger partial charge in [-0.15, -0.1) is 0 Å². The predicted octanol–water partition coefficient (Wildman–Crippen LogP) is 4.98. The maximum absolute atomic E-state index is 13.8. The second-order valence-corrected chi connectivity index (χ2v) is 9.13. The van der Waals surface area contributed by atoms with Crippen LogP contribution in [0.2, 0.25) is 10.0 Å². The number of carbonyl (C=O) groups is 3. The lowest BCUT2D eigenvalue weighted by molar-refractivity contribution is -0.123. The van der Waals surface area contributed by atoms with Gasteiger partial charge in [-0.2, -0.15) is 0 Å². The van der Waals surface area contributed by atoms with Crippen LogP contribution in [0, 0.1) is 11.8 Å². The molecule has 2 fully saturated rings. The van der Waals surface area contributed by atoms with Crippen molar-refractivity contribution in [3.8, 4) is 0 Å². The van der Waals surface area contributed by atoms with Crippen LogP contribution in [0.5, 0.6) is 0 Å². The van der Waals surface area contributed by atoms with E-state index in [0.717, 1.165) is 16.0 Å². The highest BCUT2D eigenvalue weighted by Crippen LogP contribution is 2.54. The summed E-state index contributed by atoms with van der Waals surface area (Å²) in [6.45, 7) is 0. The molecule has 0 bridgehead atoms. The quantitative estimate of drug-likeness (QED) is 0.391. The van der Waals surface area contributed by atoms with E-state index in [1.54, 1.807) is 30.5 Å². The van der Waals surface area contributed by atoms with E-state index in [1.165, 1.54) is 12.3 Å². The molecule has 6 nitrogen and oxygen atoms in total. The van der Waals surface area contributed by atoms with Crippen LogP contribution in [0.1, 0.15) is 27.7 Å². The molecule has 2 amide bonds. The van der Waals surface area contributed by atoms with Crippen LogP contribution in [0.15, 0.2) is 71.5 Å². The first-order valence-corrected chi connectivity index (χ1v) is 11.2. The number of nitrogens with zero attached hydrogens (tertiary/aromatic N) is 2. The molecule has 0 spiro atoms. The predicted molar refractivity (Wildman–Crippen MR) is 123 cm³/mol. The maximum atomic E-state index is 13.8. The van der Waals surface area contributed by atoms with E-state index in [1.807, 2.05) is 35.2 Å². The Labute approximate surface area is 199 Å². The molecule has 6 rings (SSSR count). The average molecular weight is 479 g/mol. The molecular formula is C25H16Cl2N2O4. The molecule has 8 heteroatoms. The molecule has 0 N–H and O–H groups in total. The molecule has 0 saturated carbocycles. The summed E-state index contributed by atoms with van der Waals surface area (Å²) >= 11 is 12.5. The van der Waals surface area contributed by atoms with Crippen molar-refractivity contribution < 1.29 is 18.8 Å². The Morgan fingerprint density at radius 2 is 1.73 bits per heavy atom.